The Labute approximate surface area is 113 Å². The van der Waals surface area contributed by atoms with Crippen LogP contribution in [-0.4, -0.2) is 17.1 Å². The fourth-order valence-electron chi connectivity index (χ4n) is 1.42. The summed E-state index contributed by atoms with van der Waals surface area (Å²) in [7, 11) is 1.50. The van der Waals surface area contributed by atoms with Gasteiger partial charge in [-0.05, 0) is 24.6 Å². The van der Waals surface area contributed by atoms with Gasteiger partial charge >= 0.3 is 0 Å². The summed E-state index contributed by atoms with van der Waals surface area (Å²) in [5.74, 6) is 1.55. The van der Waals surface area contributed by atoms with Crippen LogP contribution in [-0.2, 0) is 0 Å². The van der Waals surface area contributed by atoms with E-state index in [1.54, 1.807) is 0 Å². The van der Waals surface area contributed by atoms with E-state index in [4.69, 9.17) is 15.2 Å². The van der Waals surface area contributed by atoms with Crippen LogP contribution in [0, 0.1) is 6.92 Å². The van der Waals surface area contributed by atoms with Crippen LogP contribution in [0.2, 0.25) is 0 Å². The van der Waals surface area contributed by atoms with E-state index in [9.17, 15) is 0 Å². The summed E-state index contributed by atoms with van der Waals surface area (Å²) in [6, 6.07) is 5.73. The van der Waals surface area contributed by atoms with Crippen LogP contribution >= 0.6 is 15.9 Å². The van der Waals surface area contributed by atoms with Crippen molar-refractivity contribution in [1.29, 1.82) is 0 Å². The molecule has 5 nitrogen and oxygen atoms in total. The van der Waals surface area contributed by atoms with Crippen molar-refractivity contribution in [2.75, 3.05) is 12.8 Å². The van der Waals surface area contributed by atoms with E-state index in [2.05, 4.69) is 25.9 Å². The second-order valence-corrected chi connectivity index (χ2v) is 4.52. The predicted octanol–water partition coefficient (Wildman–Crippen LogP) is 2.93. The number of hydrogen-bond donors (Lipinski definition) is 1. The van der Waals surface area contributed by atoms with E-state index < -0.39 is 0 Å². The minimum absolute atomic E-state index is 0.246. The van der Waals surface area contributed by atoms with Crippen LogP contribution < -0.4 is 15.2 Å². The van der Waals surface area contributed by atoms with Gasteiger partial charge < -0.3 is 15.2 Å². The highest BCUT2D eigenvalue weighted by Crippen LogP contribution is 2.34. The Morgan fingerprint density at radius 3 is 2.78 bits per heavy atom. The number of benzene rings is 1. The van der Waals surface area contributed by atoms with Crippen molar-refractivity contribution in [1.82, 2.24) is 9.97 Å². The normalized spacial score (nSPS) is 10.2. The molecule has 94 valence electrons. The third-order valence-corrected chi connectivity index (χ3v) is 2.85. The number of ether oxygens (including phenoxy) is 2. The maximum absolute atomic E-state index is 5.71. The molecule has 6 heteroatoms. The first-order chi connectivity index (χ1) is 8.61. The number of anilines is 1. The molecule has 0 spiro atoms. The van der Waals surface area contributed by atoms with Gasteiger partial charge in [-0.25, -0.2) is 4.98 Å². The molecule has 1 aromatic carbocycles. The quantitative estimate of drug-likeness (QED) is 0.944. The average Bonchev–Trinajstić information content (AvgIpc) is 2.34. The minimum Gasteiger partial charge on any atom is -0.489 e. The monoisotopic (exact) mass is 309 g/mol. The topological polar surface area (TPSA) is 70.3 Å². The van der Waals surface area contributed by atoms with Crippen molar-refractivity contribution in [2.45, 2.75) is 6.92 Å². The highest BCUT2D eigenvalue weighted by atomic mass is 79.9. The summed E-state index contributed by atoms with van der Waals surface area (Å²) in [4.78, 5) is 7.87. The number of rotatable bonds is 3. The molecule has 18 heavy (non-hydrogen) atoms. The van der Waals surface area contributed by atoms with Crippen LogP contribution in [0.15, 0.2) is 29.0 Å². The van der Waals surface area contributed by atoms with E-state index in [0.29, 0.717) is 17.4 Å². The first-order valence-electron chi connectivity index (χ1n) is 5.20. The van der Waals surface area contributed by atoms with E-state index in [0.717, 1.165) is 10.0 Å². The van der Waals surface area contributed by atoms with Crippen molar-refractivity contribution in [3.05, 3.63) is 34.6 Å². The Bertz CT molecular complexity index is 575. The van der Waals surface area contributed by atoms with Crippen LogP contribution in [0.25, 0.3) is 0 Å². The first-order valence-corrected chi connectivity index (χ1v) is 5.99. The molecule has 0 radical (unpaired) electrons. The fraction of sp³-hybridized carbons (Fsp3) is 0.167. The van der Waals surface area contributed by atoms with E-state index in [1.165, 1.54) is 13.4 Å². The first kappa shape index (κ1) is 12.6. The fourth-order valence-corrected chi connectivity index (χ4v) is 1.76. The minimum atomic E-state index is 0.246. The molecule has 1 heterocycles. The third kappa shape index (κ3) is 2.53. The predicted molar refractivity (Wildman–Crippen MR) is 71.9 cm³/mol. The zero-order valence-electron chi connectivity index (χ0n) is 9.98. The second kappa shape index (κ2) is 5.22. The van der Waals surface area contributed by atoms with E-state index in [1.807, 2.05) is 25.1 Å². The number of nitrogens with zero attached hydrogens (tertiary/aromatic N) is 2. The lowest BCUT2D eigenvalue weighted by atomic mass is 10.2. The molecule has 0 saturated heterocycles. The highest BCUT2D eigenvalue weighted by molar-refractivity contribution is 9.10. The van der Waals surface area contributed by atoms with Gasteiger partial charge in [0.1, 0.15) is 12.1 Å². The number of halogens is 1. The zero-order chi connectivity index (χ0) is 13.1. The molecule has 0 saturated carbocycles. The van der Waals surface area contributed by atoms with Gasteiger partial charge in [0.25, 0.3) is 5.88 Å². The van der Waals surface area contributed by atoms with Gasteiger partial charge in [-0.1, -0.05) is 22.0 Å². The Morgan fingerprint density at radius 1 is 1.28 bits per heavy atom. The SMILES string of the molecule is COc1c(N)ncnc1Oc1cc(Br)ccc1C. The lowest BCUT2D eigenvalue weighted by molar-refractivity contribution is 0.368. The van der Waals surface area contributed by atoms with E-state index >= 15 is 0 Å². The molecule has 0 fully saturated rings. The molecular formula is C12H12BrN3O2. The van der Waals surface area contributed by atoms with Crippen molar-refractivity contribution in [3.63, 3.8) is 0 Å². The van der Waals surface area contributed by atoms with Gasteiger partial charge in [-0.3, -0.25) is 0 Å². The van der Waals surface area contributed by atoms with Crippen LogP contribution in [0.4, 0.5) is 5.82 Å². The number of nitrogen functional groups attached to an aromatic ring is 1. The average molecular weight is 310 g/mol. The molecule has 2 N–H and O–H groups in total. The van der Waals surface area contributed by atoms with Crippen molar-refractivity contribution in [3.8, 4) is 17.4 Å². The molecule has 0 unspecified atom stereocenters. The molecule has 2 aromatic rings. The molecule has 0 aliphatic carbocycles. The van der Waals surface area contributed by atoms with Crippen LogP contribution in [0.1, 0.15) is 5.56 Å². The van der Waals surface area contributed by atoms with Crippen molar-refractivity contribution in [2.24, 2.45) is 0 Å². The van der Waals surface area contributed by atoms with Gasteiger partial charge in [-0.15, -0.1) is 0 Å². The number of aryl methyl sites for hydroxylation is 1. The largest absolute Gasteiger partial charge is 0.489 e. The number of aromatic nitrogens is 2. The van der Waals surface area contributed by atoms with Gasteiger partial charge in [0, 0.05) is 4.47 Å². The molecule has 0 aliphatic heterocycles. The Morgan fingerprint density at radius 2 is 2.06 bits per heavy atom. The summed E-state index contributed by atoms with van der Waals surface area (Å²) in [5, 5.41) is 0. The Kier molecular flexibility index (Phi) is 3.66. The molecule has 0 atom stereocenters. The maximum Gasteiger partial charge on any atom is 0.268 e. The van der Waals surface area contributed by atoms with Gasteiger partial charge in [-0.2, -0.15) is 4.98 Å². The molecule has 1 aromatic heterocycles. The van der Waals surface area contributed by atoms with Crippen LogP contribution in [0.5, 0.6) is 17.4 Å². The maximum atomic E-state index is 5.71. The van der Waals surface area contributed by atoms with Gasteiger partial charge in [0.2, 0.25) is 5.75 Å². The molecule has 0 bridgehead atoms. The zero-order valence-corrected chi connectivity index (χ0v) is 11.6. The summed E-state index contributed by atoms with van der Waals surface area (Å²) in [6.45, 7) is 1.94. The van der Waals surface area contributed by atoms with Crippen molar-refractivity contribution < 1.29 is 9.47 Å². The standard InChI is InChI=1S/C12H12BrN3O2/c1-7-3-4-8(13)5-9(7)18-12-10(17-2)11(14)15-6-16-12/h3-6H,1-2H3,(H2,14,15,16). The number of nitrogens with two attached hydrogens (primary N) is 1. The summed E-state index contributed by atoms with van der Waals surface area (Å²) >= 11 is 3.39. The summed E-state index contributed by atoms with van der Waals surface area (Å²) < 4.78 is 11.8. The summed E-state index contributed by atoms with van der Waals surface area (Å²) in [6.07, 6.45) is 1.33. The lowest BCUT2D eigenvalue weighted by Gasteiger charge is -2.11. The lowest BCUT2D eigenvalue weighted by Crippen LogP contribution is -2.00. The molecule has 0 aliphatic rings. The number of hydrogen-bond acceptors (Lipinski definition) is 5. The van der Waals surface area contributed by atoms with E-state index in [-0.39, 0.29) is 5.82 Å². The number of methoxy groups -OCH3 is 1. The molecule has 0 amide bonds. The van der Waals surface area contributed by atoms with Gasteiger partial charge in [0.05, 0.1) is 7.11 Å². The summed E-state index contributed by atoms with van der Waals surface area (Å²) in [5.41, 5.74) is 6.67. The highest BCUT2D eigenvalue weighted by Gasteiger charge is 2.13. The molecule has 2 rings (SSSR count). The third-order valence-electron chi connectivity index (χ3n) is 2.36. The molecular weight excluding hydrogens is 298 g/mol. The Hall–Kier alpha value is -1.82. The van der Waals surface area contributed by atoms with Gasteiger partial charge in [0.15, 0.2) is 5.82 Å². The van der Waals surface area contributed by atoms with Crippen molar-refractivity contribution >= 4 is 21.7 Å². The smallest absolute Gasteiger partial charge is 0.268 e. The second-order valence-electron chi connectivity index (χ2n) is 3.61. The Balaban J connectivity index is 2.40. The van der Waals surface area contributed by atoms with Crippen LogP contribution in [0.3, 0.4) is 0 Å².